The van der Waals surface area contributed by atoms with E-state index in [-0.39, 0.29) is 6.61 Å². The molecule has 0 fully saturated rings. The van der Waals surface area contributed by atoms with Crippen LogP contribution >= 0.6 is 23.5 Å². The third-order valence-electron chi connectivity index (χ3n) is 1.56. The fraction of sp³-hybridized carbons (Fsp3) is 0.455. The van der Waals surface area contributed by atoms with Crippen LogP contribution in [0.4, 0.5) is 0 Å². The average Bonchev–Trinajstić information content (AvgIpc) is 2.16. The van der Waals surface area contributed by atoms with Gasteiger partial charge in [-0.25, -0.2) is 0 Å². The molecule has 0 spiro atoms. The van der Waals surface area contributed by atoms with Crippen LogP contribution in [-0.4, -0.2) is 22.7 Å². The highest BCUT2D eigenvalue weighted by molar-refractivity contribution is 8.00. The van der Waals surface area contributed by atoms with Gasteiger partial charge in [-0.15, -0.1) is 23.5 Å². The molecular formula is C11H16OS2. The van der Waals surface area contributed by atoms with Gasteiger partial charge in [-0.2, -0.15) is 0 Å². The van der Waals surface area contributed by atoms with Gasteiger partial charge < -0.3 is 5.11 Å². The van der Waals surface area contributed by atoms with Crippen molar-refractivity contribution in [3.63, 3.8) is 0 Å². The summed E-state index contributed by atoms with van der Waals surface area (Å²) in [6.07, 6.45) is 0. The van der Waals surface area contributed by atoms with Gasteiger partial charge in [-0.05, 0) is 24.3 Å². The van der Waals surface area contributed by atoms with Gasteiger partial charge >= 0.3 is 0 Å². The van der Waals surface area contributed by atoms with Gasteiger partial charge in [0.25, 0.3) is 0 Å². The molecule has 1 N–H and O–H groups in total. The Labute approximate surface area is 94.3 Å². The molecule has 0 aliphatic heterocycles. The van der Waals surface area contributed by atoms with Crippen molar-refractivity contribution in [1.82, 2.24) is 0 Å². The molecule has 78 valence electrons. The highest BCUT2D eigenvalue weighted by Crippen LogP contribution is 2.25. The van der Waals surface area contributed by atoms with Gasteiger partial charge in [0.2, 0.25) is 0 Å². The standard InChI is InChI=1S/C11H16OS2/c1-9(2)14-11-5-3-10(4-6-11)13-8-7-12/h3-6,9,12H,7-8H2,1-2H3. The van der Waals surface area contributed by atoms with Crippen LogP contribution in [0, 0.1) is 0 Å². The topological polar surface area (TPSA) is 20.2 Å². The highest BCUT2D eigenvalue weighted by Gasteiger charge is 1.98. The summed E-state index contributed by atoms with van der Waals surface area (Å²) in [5.74, 6) is 0.774. The van der Waals surface area contributed by atoms with Crippen molar-refractivity contribution >= 4 is 23.5 Å². The molecule has 0 saturated heterocycles. The van der Waals surface area contributed by atoms with E-state index in [4.69, 9.17) is 5.11 Å². The van der Waals surface area contributed by atoms with Crippen molar-refractivity contribution in [3.8, 4) is 0 Å². The molecule has 0 bridgehead atoms. The lowest BCUT2D eigenvalue weighted by Crippen LogP contribution is -1.87. The number of thioether (sulfide) groups is 2. The summed E-state index contributed by atoms with van der Waals surface area (Å²) in [5.41, 5.74) is 0. The van der Waals surface area contributed by atoms with Crippen LogP contribution in [0.15, 0.2) is 34.1 Å². The van der Waals surface area contributed by atoms with Crippen LogP contribution in [-0.2, 0) is 0 Å². The minimum Gasteiger partial charge on any atom is -0.396 e. The summed E-state index contributed by atoms with van der Waals surface area (Å²) in [6.45, 7) is 4.63. The number of benzene rings is 1. The number of hydrogen-bond donors (Lipinski definition) is 1. The summed E-state index contributed by atoms with van der Waals surface area (Å²) in [4.78, 5) is 2.54. The van der Waals surface area contributed by atoms with Gasteiger partial charge in [0.15, 0.2) is 0 Å². The lowest BCUT2D eigenvalue weighted by Gasteiger charge is -2.05. The molecule has 1 rings (SSSR count). The predicted molar refractivity (Wildman–Crippen MR) is 65.2 cm³/mol. The van der Waals surface area contributed by atoms with Crippen LogP contribution in [0.1, 0.15) is 13.8 Å². The fourth-order valence-corrected chi connectivity index (χ4v) is 2.54. The van der Waals surface area contributed by atoms with Crippen molar-refractivity contribution in [2.75, 3.05) is 12.4 Å². The second kappa shape index (κ2) is 6.38. The Balaban J connectivity index is 2.50. The van der Waals surface area contributed by atoms with E-state index in [0.717, 1.165) is 5.75 Å². The van der Waals surface area contributed by atoms with Crippen LogP contribution in [0.2, 0.25) is 0 Å². The van der Waals surface area contributed by atoms with Crippen molar-refractivity contribution in [2.45, 2.75) is 28.9 Å². The lowest BCUT2D eigenvalue weighted by atomic mass is 10.4. The van der Waals surface area contributed by atoms with Crippen molar-refractivity contribution in [2.24, 2.45) is 0 Å². The number of hydrogen-bond acceptors (Lipinski definition) is 3. The minimum atomic E-state index is 0.243. The first-order valence-electron chi connectivity index (χ1n) is 4.72. The molecule has 14 heavy (non-hydrogen) atoms. The lowest BCUT2D eigenvalue weighted by molar-refractivity contribution is 0.322. The van der Waals surface area contributed by atoms with E-state index in [2.05, 4.69) is 38.1 Å². The first-order valence-corrected chi connectivity index (χ1v) is 6.59. The first kappa shape index (κ1) is 12.0. The SMILES string of the molecule is CC(C)Sc1ccc(SCCO)cc1. The maximum Gasteiger partial charge on any atom is 0.0525 e. The molecule has 1 nitrogen and oxygen atoms in total. The largest absolute Gasteiger partial charge is 0.396 e. The van der Waals surface area contributed by atoms with Crippen molar-refractivity contribution in [3.05, 3.63) is 24.3 Å². The molecule has 1 aromatic rings. The zero-order chi connectivity index (χ0) is 10.4. The van der Waals surface area contributed by atoms with Crippen LogP contribution in [0.5, 0.6) is 0 Å². The first-order chi connectivity index (χ1) is 6.72. The molecule has 0 atom stereocenters. The molecular weight excluding hydrogens is 212 g/mol. The zero-order valence-corrected chi connectivity index (χ0v) is 10.2. The van der Waals surface area contributed by atoms with Crippen LogP contribution < -0.4 is 0 Å². The van der Waals surface area contributed by atoms with Gasteiger partial charge in [0.1, 0.15) is 0 Å². The molecule has 0 unspecified atom stereocenters. The third kappa shape index (κ3) is 4.40. The number of rotatable bonds is 5. The molecule has 0 saturated carbocycles. The quantitative estimate of drug-likeness (QED) is 0.781. The normalized spacial score (nSPS) is 10.9. The van der Waals surface area contributed by atoms with E-state index in [0.29, 0.717) is 5.25 Å². The zero-order valence-electron chi connectivity index (χ0n) is 8.56. The molecule has 3 heteroatoms. The summed E-state index contributed by atoms with van der Waals surface area (Å²) in [6, 6.07) is 8.52. The highest BCUT2D eigenvalue weighted by atomic mass is 32.2. The number of aliphatic hydroxyl groups is 1. The molecule has 0 heterocycles. The van der Waals surface area contributed by atoms with Crippen LogP contribution in [0.25, 0.3) is 0 Å². The third-order valence-corrected chi connectivity index (χ3v) is 3.56. The fourth-order valence-electron chi connectivity index (χ4n) is 1.05. The maximum absolute atomic E-state index is 8.68. The van der Waals surface area contributed by atoms with Gasteiger partial charge in [0, 0.05) is 20.8 Å². The van der Waals surface area contributed by atoms with Gasteiger partial charge in [0.05, 0.1) is 6.61 Å². The summed E-state index contributed by atoms with van der Waals surface area (Å²) >= 11 is 3.56. The van der Waals surface area contributed by atoms with Crippen LogP contribution in [0.3, 0.4) is 0 Å². The summed E-state index contributed by atoms with van der Waals surface area (Å²) < 4.78 is 0. The van der Waals surface area contributed by atoms with E-state index in [1.165, 1.54) is 9.79 Å². The molecule has 0 aliphatic carbocycles. The predicted octanol–water partition coefficient (Wildman–Crippen LogP) is 3.27. The summed E-state index contributed by atoms with van der Waals surface area (Å²) in [7, 11) is 0. The van der Waals surface area contributed by atoms with E-state index in [1.807, 2.05) is 11.8 Å². The second-order valence-electron chi connectivity index (χ2n) is 3.21. The van der Waals surface area contributed by atoms with Gasteiger partial charge in [-0.1, -0.05) is 13.8 Å². The molecule has 0 amide bonds. The monoisotopic (exact) mass is 228 g/mol. The molecule has 0 radical (unpaired) electrons. The maximum atomic E-state index is 8.68. The van der Waals surface area contributed by atoms with E-state index < -0.39 is 0 Å². The average molecular weight is 228 g/mol. The van der Waals surface area contributed by atoms with E-state index in [1.54, 1.807) is 11.8 Å². The number of aliphatic hydroxyl groups excluding tert-OH is 1. The second-order valence-corrected chi connectivity index (χ2v) is 6.03. The minimum absolute atomic E-state index is 0.243. The van der Waals surface area contributed by atoms with Gasteiger partial charge in [-0.3, -0.25) is 0 Å². The Morgan fingerprint density at radius 2 is 1.71 bits per heavy atom. The van der Waals surface area contributed by atoms with Crippen molar-refractivity contribution in [1.29, 1.82) is 0 Å². The molecule has 0 aromatic heterocycles. The molecule has 0 aliphatic rings. The Kier molecular flexibility index (Phi) is 5.45. The smallest absolute Gasteiger partial charge is 0.0525 e. The van der Waals surface area contributed by atoms with Crippen molar-refractivity contribution < 1.29 is 5.11 Å². The molecule has 1 aromatic carbocycles. The Hall–Kier alpha value is -0.120. The Morgan fingerprint density at radius 1 is 1.14 bits per heavy atom. The Morgan fingerprint density at radius 3 is 2.21 bits per heavy atom. The Bertz CT molecular complexity index is 256. The summed E-state index contributed by atoms with van der Waals surface area (Å²) in [5, 5.41) is 9.31. The van der Waals surface area contributed by atoms with E-state index >= 15 is 0 Å². The van der Waals surface area contributed by atoms with E-state index in [9.17, 15) is 0 Å².